The Morgan fingerprint density at radius 2 is 1.91 bits per heavy atom. The Hall–Kier alpha value is -5.13. The third-order valence-corrected chi connectivity index (χ3v) is 7.14. The van der Waals surface area contributed by atoms with Gasteiger partial charge in [-0.15, -0.1) is 0 Å². The first-order valence-corrected chi connectivity index (χ1v) is 14.3. The second-order valence-electron chi connectivity index (χ2n) is 10.1. The lowest BCUT2D eigenvalue weighted by atomic mass is 10.0. The van der Waals surface area contributed by atoms with Crippen LogP contribution in [0.3, 0.4) is 0 Å². The highest BCUT2D eigenvalue weighted by atomic mass is 16.7. The van der Waals surface area contributed by atoms with E-state index in [1.54, 1.807) is 12.2 Å². The van der Waals surface area contributed by atoms with Crippen LogP contribution in [0.15, 0.2) is 91.8 Å². The molecule has 11 nitrogen and oxygen atoms in total. The van der Waals surface area contributed by atoms with Crippen molar-refractivity contribution in [2.45, 2.75) is 12.5 Å². The average Bonchev–Trinajstić information content (AvgIpc) is 3.55. The van der Waals surface area contributed by atoms with Crippen LogP contribution in [-0.2, 0) is 9.63 Å². The summed E-state index contributed by atoms with van der Waals surface area (Å²) in [6.45, 7) is 5.62. The number of methoxy groups -OCH3 is 1. The van der Waals surface area contributed by atoms with E-state index in [1.807, 2.05) is 85.7 Å². The highest BCUT2D eigenvalue weighted by molar-refractivity contribution is 6.02. The van der Waals surface area contributed by atoms with Crippen LogP contribution in [0.2, 0.25) is 0 Å². The number of hydrogen-bond donors (Lipinski definition) is 3. The standard InChI is InChI=1S/C33H37N7O4/c1-5-33(41)38-26-19-27(30(42-4)20-29(26)39(3)16-15-34-2)37-31-21-32(36-22-35-31)40-28(14-17-43-40)23-10-9-13-25(18-23)44-24-11-7-6-8-12-24/h5-13,18-22,28,34H,1,14-17H2,2-4H3,(H,38,41)(H,35,36,37)/t28-/m1/s1. The summed E-state index contributed by atoms with van der Waals surface area (Å²) in [6.07, 6.45) is 3.50. The Morgan fingerprint density at radius 1 is 1.09 bits per heavy atom. The molecule has 3 N–H and O–H groups in total. The van der Waals surface area contributed by atoms with Crippen LogP contribution in [0.1, 0.15) is 18.0 Å². The summed E-state index contributed by atoms with van der Waals surface area (Å²) in [5.74, 6) is 2.92. The number of hydroxylamine groups is 1. The van der Waals surface area contributed by atoms with Gasteiger partial charge < -0.3 is 30.3 Å². The molecular weight excluding hydrogens is 558 g/mol. The van der Waals surface area contributed by atoms with E-state index in [-0.39, 0.29) is 11.9 Å². The molecule has 1 aromatic heterocycles. The van der Waals surface area contributed by atoms with Gasteiger partial charge in [-0.1, -0.05) is 36.9 Å². The number of rotatable bonds is 13. The van der Waals surface area contributed by atoms with Crippen LogP contribution < -0.4 is 35.4 Å². The highest BCUT2D eigenvalue weighted by Crippen LogP contribution is 2.39. The summed E-state index contributed by atoms with van der Waals surface area (Å²) in [5.41, 5.74) is 3.07. The lowest BCUT2D eigenvalue weighted by Crippen LogP contribution is -2.28. The molecule has 0 bridgehead atoms. The van der Waals surface area contributed by atoms with Gasteiger partial charge in [-0.2, -0.15) is 0 Å². The maximum Gasteiger partial charge on any atom is 0.247 e. The number of likely N-dealkylation sites (N-methyl/N-ethyl adjacent to an activating group) is 2. The Kier molecular flexibility index (Phi) is 9.90. The topological polar surface area (TPSA) is 113 Å². The number of benzene rings is 3. The highest BCUT2D eigenvalue weighted by Gasteiger charge is 2.29. The number of aromatic nitrogens is 2. The molecule has 3 aromatic carbocycles. The van der Waals surface area contributed by atoms with E-state index in [0.29, 0.717) is 35.4 Å². The van der Waals surface area contributed by atoms with Gasteiger partial charge in [0.2, 0.25) is 5.91 Å². The van der Waals surface area contributed by atoms with Crippen molar-refractivity contribution in [2.75, 3.05) is 61.5 Å². The Balaban J connectivity index is 1.39. The molecule has 1 amide bonds. The number of hydrogen-bond acceptors (Lipinski definition) is 10. The number of para-hydroxylation sites is 1. The number of carbonyl (C=O) groups excluding carboxylic acids is 1. The molecule has 5 rings (SSSR count). The first-order valence-electron chi connectivity index (χ1n) is 14.3. The molecule has 0 saturated carbocycles. The van der Waals surface area contributed by atoms with Crippen LogP contribution in [-0.4, -0.2) is 56.8 Å². The number of anilines is 5. The van der Waals surface area contributed by atoms with E-state index < -0.39 is 0 Å². The lowest BCUT2D eigenvalue weighted by Gasteiger charge is -2.25. The molecule has 1 fully saturated rings. The SMILES string of the molecule is C=CC(=O)Nc1cc(Nc2cc(N3OCC[C@@H]3c3cccc(Oc4ccccc4)c3)ncn2)c(OC)cc1N(C)CCNC. The molecule has 44 heavy (non-hydrogen) atoms. The second-order valence-corrected chi connectivity index (χ2v) is 10.1. The minimum absolute atomic E-state index is 0.0697. The van der Waals surface area contributed by atoms with E-state index in [4.69, 9.17) is 14.3 Å². The van der Waals surface area contributed by atoms with Crippen LogP contribution in [0.5, 0.6) is 17.2 Å². The summed E-state index contributed by atoms with van der Waals surface area (Å²) in [7, 11) is 5.45. The zero-order chi connectivity index (χ0) is 30.9. The Labute approximate surface area is 257 Å². The first kappa shape index (κ1) is 30.3. The van der Waals surface area contributed by atoms with E-state index in [1.165, 1.54) is 12.4 Å². The molecule has 1 atom stereocenters. The van der Waals surface area contributed by atoms with Gasteiger partial charge in [-0.25, -0.2) is 15.0 Å². The number of carbonyl (C=O) groups is 1. The molecule has 0 spiro atoms. The predicted octanol–water partition coefficient (Wildman–Crippen LogP) is 5.68. The predicted molar refractivity (Wildman–Crippen MR) is 173 cm³/mol. The van der Waals surface area contributed by atoms with Crippen molar-refractivity contribution >= 4 is 34.6 Å². The normalized spacial score (nSPS) is 14.2. The average molecular weight is 596 g/mol. The van der Waals surface area contributed by atoms with E-state index >= 15 is 0 Å². The second kappa shape index (κ2) is 14.4. The van der Waals surface area contributed by atoms with Crippen molar-refractivity contribution in [1.29, 1.82) is 0 Å². The van der Waals surface area contributed by atoms with Crippen molar-refractivity contribution in [2.24, 2.45) is 0 Å². The minimum atomic E-state index is -0.316. The fourth-order valence-electron chi connectivity index (χ4n) is 4.92. The third kappa shape index (κ3) is 7.25. The summed E-state index contributed by atoms with van der Waals surface area (Å²) in [4.78, 5) is 29.3. The zero-order valence-electron chi connectivity index (χ0n) is 25.1. The van der Waals surface area contributed by atoms with Crippen molar-refractivity contribution in [3.05, 3.63) is 97.3 Å². The van der Waals surface area contributed by atoms with Crippen LogP contribution in [0, 0.1) is 0 Å². The largest absolute Gasteiger partial charge is 0.494 e. The maximum absolute atomic E-state index is 12.3. The lowest BCUT2D eigenvalue weighted by molar-refractivity contribution is -0.111. The van der Waals surface area contributed by atoms with Crippen molar-refractivity contribution in [3.63, 3.8) is 0 Å². The molecule has 0 radical (unpaired) electrons. The van der Waals surface area contributed by atoms with Crippen LogP contribution in [0.25, 0.3) is 0 Å². The summed E-state index contributed by atoms with van der Waals surface area (Å²) in [5, 5.41) is 11.2. The van der Waals surface area contributed by atoms with E-state index in [0.717, 1.165) is 42.3 Å². The van der Waals surface area contributed by atoms with Gasteiger partial charge >= 0.3 is 0 Å². The van der Waals surface area contributed by atoms with Crippen molar-refractivity contribution in [1.82, 2.24) is 15.3 Å². The number of amides is 1. The monoisotopic (exact) mass is 595 g/mol. The number of nitrogens with one attached hydrogen (secondary N) is 3. The molecule has 1 aliphatic heterocycles. The minimum Gasteiger partial charge on any atom is -0.494 e. The van der Waals surface area contributed by atoms with E-state index in [9.17, 15) is 4.79 Å². The van der Waals surface area contributed by atoms with Crippen molar-refractivity contribution < 1.29 is 19.1 Å². The van der Waals surface area contributed by atoms with Gasteiger partial charge in [0.05, 0.1) is 36.8 Å². The molecule has 11 heteroatoms. The number of nitrogens with zero attached hydrogens (tertiary/aromatic N) is 4. The van der Waals surface area contributed by atoms with Crippen LogP contribution >= 0.6 is 0 Å². The van der Waals surface area contributed by atoms with Gasteiger partial charge in [0.25, 0.3) is 0 Å². The molecule has 0 unspecified atom stereocenters. The number of ether oxygens (including phenoxy) is 2. The van der Waals surface area contributed by atoms with Gasteiger partial charge in [0, 0.05) is 38.7 Å². The fourth-order valence-corrected chi connectivity index (χ4v) is 4.92. The zero-order valence-corrected chi connectivity index (χ0v) is 25.1. The molecular formula is C33H37N7O4. The molecule has 0 aliphatic carbocycles. The maximum atomic E-state index is 12.3. The van der Waals surface area contributed by atoms with Crippen molar-refractivity contribution in [3.8, 4) is 17.2 Å². The third-order valence-electron chi connectivity index (χ3n) is 7.14. The van der Waals surface area contributed by atoms with Gasteiger partial charge in [-0.05, 0) is 49.0 Å². The van der Waals surface area contributed by atoms with Gasteiger partial charge in [0.1, 0.15) is 29.4 Å². The quantitative estimate of drug-likeness (QED) is 0.167. The summed E-state index contributed by atoms with van der Waals surface area (Å²) < 4.78 is 11.8. The fraction of sp³-hybridized carbons (Fsp3) is 0.242. The smallest absolute Gasteiger partial charge is 0.247 e. The van der Waals surface area contributed by atoms with Gasteiger partial charge in [-0.3, -0.25) is 9.63 Å². The molecule has 4 aromatic rings. The summed E-state index contributed by atoms with van der Waals surface area (Å²) in [6, 6.07) is 23.1. The summed E-state index contributed by atoms with van der Waals surface area (Å²) >= 11 is 0. The molecule has 1 aliphatic rings. The molecule has 1 saturated heterocycles. The Morgan fingerprint density at radius 3 is 2.68 bits per heavy atom. The van der Waals surface area contributed by atoms with E-state index in [2.05, 4.69) is 38.6 Å². The van der Waals surface area contributed by atoms with Crippen LogP contribution in [0.4, 0.5) is 28.7 Å². The first-order chi connectivity index (χ1) is 21.5. The molecule has 228 valence electrons. The van der Waals surface area contributed by atoms with Gasteiger partial charge in [0.15, 0.2) is 5.82 Å². The Bertz CT molecular complexity index is 1580. The molecule has 2 heterocycles.